The van der Waals surface area contributed by atoms with E-state index < -0.39 is 0 Å². The van der Waals surface area contributed by atoms with Crippen LogP contribution in [0.4, 0.5) is 0 Å². The van der Waals surface area contributed by atoms with E-state index in [-0.39, 0.29) is 12.1 Å². The molecule has 0 amide bonds. The van der Waals surface area contributed by atoms with E-state index in [0.717, 1.165) is 15.9 Å². The van der Waals surface area contributed by atoms with Crippen molar-refractivity contribution in [1.82, 2.24) is 15.1 Å². The Morgan fingerprint density at radius 2 is 2.05 bits per heavy atom. The zero-order valence-corrected chi connectivity index (χ0v) is 14.7. The highest BCUT2D eigenvalue weighted by atomic mass is 79.9. The quantitative estimate of drug-likeness (QED) is 0.888. The summed E-state index contributed by atoms with van der Waals surface area (Å²) in [5.74, 6) is 0.802. The molecule has 0 saturated carbocycles. The Balaban J connectivity index is 2.61. The smallest absolute Gasteiger partial charge is 0.161 e. The van der Waals surface area contributed by atoms with E-state index in [2.05, 4.69) is 65.3 Å². The average Bonchev–Trinajstić information content (AvgIpc) is 2.88. The number of nitrogens with one attached hydrogen (secondary N) is 1. The Hall–Kier alpha value is -1.33. The molecule has 1 unspecified atom stereocenters. The van der Waals surface area contributed by atoms with Gasteiger partial charge in [-0.2, -0.15) is 5.10 Å². The molecular formula is C16H22BrN3O. The highest BCUT2D eigenvalue weighted by Gasteiger charge is 2.25. The van der Waals surface area contributed by atoms with Crippen LogP contribution in [-0.4, -0.2) is 23.9 Å². The minimum Gasteiger partial charge on any atom is -0.493 e. The van der Waals surface area contributed by atoms with Gasteiger partial charge in [0, 0.05) is 10.5 Å². The molecule has 2 aromatic rings. The van der Waals surface area contributed by atoms with Gasteiger partial charge in [-0.25, -0.2) is 0 Å². The van der Waals surface area contributed by atoms with Crippen molar-refractivity contribution in [3.63, 3.8) is 0 Å². The summed E-state index contributed by atoms with van der Waals surface area (Å²) in [6, 6.07) is 6.57. The number of aryl methyl sites for hydroxylation is 1. The van der Waals surface area contributed by atoms with Gasteiger partial charge in [0.1, 0.15) is 5.69 Å². The van der Waals surface area contributed by atoms with Crippen molar-refractivity contribution in [3.8, 4) is 5.75 Å². The van der Waals surface area contributed by atoms with Gasteiger partial charge in [-0.3, -0.25) is 4.68 Å². The topological polar surface area (TPSA) is 39.1 Å². The molecule has 5 heteroatoms. The minimum absolute atomic E-state index is 0.0131. The first kappa shape index (κ1) is 16.0. The summed E-state index contributed by atoms with van der Waals surface area (Å²) in [5, 5.41) is 7.86. The second kappa shape index (κ2) is 6.62. The Kier molecular flexibility index (Phi) is 5.06. The molecule has 1 aromatic carbocycles. The largest absolute Gasteiger partial charge is 0.493 e. The Morgan fingerprint density at radius 1 is 1.33 bits per heavy atom. The molecule has 21 heavy (non-hydrogen) atoms. The number of hydrogen-bond donors (Lipinski definition) is 1. The third kappa shape index (κ3) is 2.99. The Bertz CT molecular complexity index is 622. The summed E-state index contributed by atoms with van der Waals surface area (Å²) < 4.78 is 8.63. The van der Waals surface area contributed by atoms with Crippen LogP contribution in [0.2, 0.25) is 0 Å². The Morgan fingerprint density at radius 3 is 2.62 bits per heavy atom. The summed E-state index contributed by atoms with van der Waals surface area (Å²) >= 11 is 3.70. The molecule has 1 heterocycles. The highest BCUT2D eigenvalue weighted by Crippen LogP contribution is 2.35. The normalized spacial score (nSPS) is 12.7. The molecule has 0 radical (unpaired) electrons. The lowest BCUT2D eigenvalue weighted by atomic mass is 10.0. The van der Waals surface area contributed by atoms with Gasteiger partial charge in [-0.15, -0.1) is 0 Å². The number of benzene rings is 1. The molecule has 1 atom stereocenters. The van der Waals surface area contributed by atoms with E-state index in [0.29, 0.717) is 0 Å². The molecule has 1 aromatic heterocycles. The Labute approximate surface area is 134 Å². The van der Waals surface area contributed by atoms with Crippen LogP contribution in [0.3, 0.4) is 0 Å². The molecule has 1 N–H and O–H groups in total. The van der Waals surface area contributed by atoms with E-state index in [1.807, 2.05) is 11.7 Å². The number of ether oxygens (including phenoxy) is 1. The molecule has 114 valence electrons. The maximum Gasteiger partial charge on any atom is 0.161 e. The number of nitrogens with zero attached hydrogens (tertiary/aromatic N) is 2. The molecule has 0 bridgehead atoms. The minimum atomic E-state index is 0.0131. The van der Waals surface area contributed by atoms with Gasteiger partial charge in [0.15, 0.2) is 5.75 Å². The molecular weight excluding hydrogens is 330 g/mol. The van der Waals surface area contributed by atoms with Crippen LogP contribution >= 0.6 is 15.9 Å². The van der Waals surface area contributed by atoms with Crippen molar-refractivity contribution in [2.45, 2.75) is 32.9 Å². The number of hydrogen-bond acceptors (Lipinski definition) is 3. The first-order valence-corrected chi connectivity index (χ1v) is 7.84. The standard InChI is InChI=1S/C16H22BrN3O/c1-10(2)20-16(13(21-5)9-19-20)15(18-4)12-8-6-7-11(3)14(12)17/h6-10,15,18H,1-5H3. The summed E-state index contributed by atoms with van der Waals surface area (Å²) in [4.78, 5) is 0. The molecule has 4 nitrogen and oxygen atoms in total. The van der Waals surface area contributed by atoms with E-state index >= 15 is 0 Å². The predicted molar refractivity (Wildman–Crippen MR) is 88.9 cm³/mol. The van der Waals surface area contributed by atoms with E-state index in [1.165, 1.54) is 11.1 Å². The molecule has 0 spiro atoms. The highest BCUT2D eigenvalue weighted by molar-refractivity contribution is 9.10. The van der Waals surface area contributed by atoms with Crippen LogP contribution in [-0.2, 0) is 0 Å². The van der Waals surface area contributed by atoms with Crippen molar-refractivity contribution in [2.24, 2.45) is 0 Å². The zero-order valence-electron chi connectivity index (χ0n) is 13.1. The maximum absolute atomic E-state index is 5.51. The van der Waals surface area contributed by atoms with Crippen LogP contribution in [0.15, 0.2) is 28.9 Å². The van der Waals surface area contributed by atoms with Crippen molar-refractivity contribution < 1.29 is 4.74 Å². The average molecular weight is 352 g/mol. The van der Waals surface area contributed by atoms with E-state index in [4.69, 9.17) is 4.74 Å². The third-order valence-electron chi connectivity index (χ3n) is 3.60. The summed E-state index contributed by atoms with van der Waals surface area (Å²) in [5.41, 5.74) is 3.43. The van der Waals surface area contributed by atoms with Crippen LogP contribution in [0.5, 0.6) is 5.75 Å². The zero-order chi connectivity index (χ0) is 15.6. The van der Waals surface area contributed by atoms with Gasteiger partial charge in [0.25, 0.3) is 0 Å². The molecule has 2 rings (SSSR count). The van der Waals surface area contributed by atoms with Crippen LogP contribution in [0, 0.1) is 6.92 Å². The lowest BCUT2D eigenvalue weighted by molar-refractivity contribution is 0.396. The first-order chi connectivity index (χ1) is 10.0. The molecule has 0 aliphatic rings. The van der Waals surface area contributed by atoms with Gasteiger partial charge in [-0.1, -0.05) is 34.1 Å². The number of aromatic nitrogens is 2. The fourth-order valence-corrected chi connectivity index (χ4v) is 3.03. The van der Waals surface area contributed by atoms with Crippen LogP contribution in [0.25, 0.3) is 0 Å². The monoisotopic (exact) mass is 351 g/mol. The summed E-state index contributed by atoms with van der Waals surface area (Å²) in [6.07, 6.45) is 1.78. The van der Waals surface area contributed by atoms with Crippen molar-refractivity contribution in [1.29, 1.82) is 0 Å². The van der Waals surface area contributed by atoms with Crippen molar-refractivity contribution in [3.05, 3.63) is 45.7 Å². The summed E-state index contributed by atoms with van der Waals surface area (Å²) in [7, 11) is 3.64. The lowest BCUT2D eigenvalue weighted by Crippen LogP contribution is -2.23. The maximum atomic E-state index is 5.51. The molecule has 0 aliphatic carbocycles. The molecule has 0 fully saturated rings. The lowest BCUT2D eigenvalue weighted by Gasteiger charge is -2.23. The molecule has 0 saturated heterocycles. The fraction of sp³-hybridized carbons (Fsp3) is 0.438. The second-order valence-corrected chi connectivity index (χ2v) is 6.13. The first-order valence-electron chi connectivity index (χ1n) is 7.04. The van der Waals surface area contributed by atoms with E-state index in [1.54, 1.807) is 13.3 Å². The molecule has 0 aliphatic heterocycles. The third-order valence-corrected chi connectivity index (χ3v) is 4.69. The van der Waals surface area contributed by atoms with Gasteiger partial charge in [0.2, 0.25) is 0 Å². The second-order valence-electron chi connectivity index (χ2n) is 5.34. The van der Waals surface area contributed by atoms with Gasteiger partial charge in [-0.05, 0) is 38.9 Å². The van der Waals surface area contributed by atoms with Crippen molar-refractivity contribution in [2.75, 3.05) is 14.2 Å². The van der Waals surface area contributed by atoms with Crippen molar-refractivity contribution >= 4 is 15.9 Å². The van der Waals surface area contributed by atoms with Gasteiger partial charge >= 0.3 is 0 Å². The van der Waals surface area contributed by atoms with Crippen LogP contribution < -0.4 is 10.1 Å². The summed E-state index contributed by atoms with van der Waals surface area (Å²) in [6.45, 7) is 6.33. The fourth-order valence-electron chi connectivity index (χ4n) is 2.53. The van der Waals surface area contributed by atoms with Gasteiger partial charge < -0.3 is 10.1 Å². The number of rotatable bonds is 5. The van der Waals surface area contributed by atoms with E-state index in [9.17, 15) is 0 Å². The van der Waals surface area contributed by atoms with Crippen LogP contribution in [0.1, 0.15) is 42.8 Å². The SMILES string of the molecule is CNC(c1cccc(C)c1Br)c1c(OC)cnn1C(C)C. The number of methoxy groups -OCH3 is 1. The number of halogens is 1. The van der Waals surface area contributed by atoms with Gasteiger partial charge in [0.05, 0.1) is 19.3 Å². The predicted octanol–water partition coefficient (Wildman–Crippen LogP) is 3.85.